The Labute approximate surface area is 80.7 Å². The Balaban J connectivity index is 2.01. The van der Waals surface area contributed by atoms with Crippen molar-refractivity contribution in [1.82, 2.24) is 5.32 Å². The van der Waals surface area contributed by atoms with Gasteiger partial charge in [0.25, 0.3) is 0 Å². The maximum atomic E-state index is 10.5. The van der Waals surface area contributed by atoms with Crippen molar-refractivity contribution < 1.29 is 5.11 Å². The van der Waals surface area contributed by atoms with E-state index in [1.165, 1.54) is 32.1 Å². The molecule has 2 aliphatic carbocycles. The van der Waals surface area contributed by atoms with Crippen LogP contribution in [0.3, 0.4) is 0 Å². The Morgan fingerprint density at radius 2 is 2.08 bits per heavy atom. The van der Waals surface area contributed by atoms with Gasteiger partial charge in [-0.05, 0) is 44.6 Å². The zero-order valence-electron chi connectivity index (χ0n) is 8.55. The summed E-state index contributed by atoms with van der Waals surface area (Å²) in [6, 6.07) is 0. The second kappa shape index (κ2) is 3.58. The third-order valence-electron chi connectivity index (χ3n) is 3.74. The fourth-order valence-electron chi connectivity index (χ4n) is 2.95. The Morgan fingerprint density at radius 3 is 2.69 bits per heavy atom. The van der Waals surface area contributed by atoms with Crippen LogP contribution in [0.15, 0.2) is 0 Å². The molecule has 2 unspecified atom stereocenters. The molecule has 2 atom stereocenters. The van der Waals surface area contributed by atoms with Gasteiger partial charge in [-0.2, -0.15) is 0 Å². The second-order valence-electron chi connectivity index (χ2n) is 4.82. The van der Waals surface area contributed by atoms with E-state index in [9.17, 15) is 5.11 Å². The maximum Gasteiger partial charge on any atom is 0.0802 e. The molecule has 0 aliphatic heterocycles. The molecule has 2 rings (SSSR count). The minimum absolute atomic E-state index is 0.381. The molecule has 0 aromatic heterocycles. The molecule has 0 amide bonds. The zero-order valence-corrected chi connectivity index (χ0v) is 8.55. The van der Waals surface area contributed by atoms with Crippen molar-refractivity contribution >= 4 is 0 Å². The van der Waals surface area contributed by atoms with Gasteiger partial charge in [0, 0.05) is 6.54 Å². The second-order valence-corrected chi connectivity index (χ2v) is 4.82. The normalized spacial score (nSPS) is 40.6. The lowest BCUT2D eigenvalue weighted by atomic mass is 9.73. The lowest BCUT2D eigenvalue weighted by molar-refractivity contribution is -0.0539. The first-order chi connectivity index (χ1) is 6.26. The molecule has 0 bridgehead atoms. The SMILES string of the molecule is CNCC1(O)CCCCC1C1CC1. The lowest BCUT2D eigenvalue weighted by Crippen LogP contribution is -2.48. The van der Waals surface area contributed by atoms with Gasteiger partial charge in [0.2, 0.25) is 0 Å². The molecule has 0 heterocycles. The van der Waals surface area contributed by atoms with Crippen molar-refractivity contribution in [3.8, 4) is 0 Å². The van der Waals surface area contributed by atoms with Gasteiger partial charge in [-0.3, -0.25) is 0 Å². The van der Waals surface area contributed by atoms with E-state index in [1.807, 2.05) is 7.05 Å². The quantitative estimate of drug-likeness (QED) is 0.695. The molecule has 0 spiro atoms. The van der Waals surface area contributed by atoms with Crippen molar-refractivity contribution in [2.75, 3.05) is 13.6 Å². The third-order valence-corrected chi connectivity index (χ3v) is 3.74. The van der Waals surface area contributed by atoms with Crippen molar-refractivity contribution in [3.63, 3.8) is 0 Å². The van der Waals surface area contributed by atoms with E-state index in [2.05, 4.69) is 5.32 Å². The van der Waals surface area contributed by atoms with Crippen LogP contribution < -0.4 is 5.32 Å². The molecule has 0 saturated heterocycles. The Kier molecular flexibility index (Phi) is 2.61. The summed E-state index contributed by atoms with van der Waals surface area (Å²) < 4.78 is 0. The van der Waals surface area contributed by atoms with Gasteiger partial charge in [-0.1, -0.05) is 12.8 Å². The summed E-state index contributed by atoms with van der Waals surface area (Å²) in [6.45, 7) is 0.786. The number of aliphatic hydroxyl groups is 1. The summed E-state index contributed by atoms with van der Waals surface area (Å²) in [6.07, 6.45) is 7.51. The van der Waals surface area contributed by atoms with Crippen LogP contribution in [0, 0.1) is 11.8 Å². The van der Waals surface area contributed by atoms with Gasteiger partial charge < -0.3 is 10.4 Å². The minimum Gasteiger partial charge on any atom is -0.388 e. The fourth-order valence-corrected chi connectivity index (χ4v) is 2.95. The van der Waals surface area contributed by atoms with Crippen molar-refractivity contribution in [2.45, 2.75) is 44.1 Å². The summed E-state index contributed by atoms with van der Waals surface area (Å²) in [5.74, 6) is 1.44. The predicted molar refractivity (Wildman–Crippen MR) is 53.6 cm³/mol. The summed E-state index contributed by atoms with van der Waals surface area (Å²) in [5, 5.41) is 13.6. The standard InChI is InChI=1S/C11H21NO/c1-12-8-11(13)7-3-2-4-10(11)9-5-6-9/h9-10,12-13H,2-8H2,1H3. The minimum atomic E-state index is -0.381. The van der Waals surface area contributed by atoms with Crippen LogP contribution in [-0.4, -0.2) is 24.3 Å². The molecule has 0 radical (unpaired) electrons. The molecule has 0 aromatic carbocycles. The lowest BCUT2D eigenvalue weighted by Gasteiger charge is -2.40. The molecule has 76 valence electrons. The molecule has 13 heavy (non-hydrogen) atoms. The average Bonchev–Trinajstić information content (AvgIpc) is 2.88. The van der Waals surface area contributed by atoms with E-state index in [4.69, 9.17) is 0 Å². The first-order valence-corrected chi connectivity index (χ1v) is 5.63. The molecular formula is C11H21NO. The van der Waals surface area contributed by atoms with E-state index in [0.29, 0.717) is 5.92 Å². The number of hydrogen-bond donors (Lipinski definition) is 2. The molecule has 2 N–H and O–H groups in total. The molecular weight excluding hydrogens is 162 g/mol. The van der Waals surface area contributed by atoms with Crippen LogP contribution in [0.1, 0.15) is 38.5 Å². The first kappa shape index (κ1) is 9.47. The van der Waals surface area contributed by atoms with Crippen LogP contribution in [0.5, 0.6) is 0 Å². The Morgan fingerprint density at radius 1 is 1.31 bits per heavy atom. The Hall–Kier alpha value is -0.0800. The smallest absolute Gasteiger partial charge is 0.0802 e. The summed E-state index contributed by atoms with van der Waals surface area (Å²) in [5.41, 5.74) is -0.381. The highest BCUT2D eigenvalue weighted by atomic mass is 16.3. The highest BCUT2D eigenvalue weighted by Gasteiger charge is 2.46. The van der Waals surface area contributed by atoms with Gasteiger partial charge in [-0.15, -0.1) is 0 Å². The van der Waals surface area contributed by atoms with E-state index >= 15 is 0 Å². The number of nitrogens with one attached hydrogen (secondary N) is 1. The van der Waals surface area contributed by atoms with Gasteiger partial charge in [0.05, 0.1) is 5.60 Å². The molecule has 2 saturated carbocycles. The van der Waals surface area contributed by atoms with Crippen LogP contribution in [0.25, 0.3) is 0 Å². The molecule has 2 aliphatic rings. The van der Waals surface area contributed by atoms with Crippen molar-refractivity contribution in [2.24, 2.45) is 11.8 Å². The molecule has 2 fully saturated rings. The summed E-state index contributed by atoms with van der Waals surface area (Å²) >= 11 is 0. The molecule has 0 aromatic rings. The van der Waals surface area contributed by atoms with Crippen LogP contribution >= 0.6 is 0 Å². The zero-order chi connectivity index (χ0) is 9.31. The predicted octanol–water partition coefficient (Wildman–Crippen LogP) is 1.54. The van der Waals surface area contributed by atoms with Crippen molar-refractivity contribution in [1.29, 1.82) is 0 Å². The molecule has 2 nitrogen and oxygen atoms in total. The summed E-state index contributed by atoms with van der Waals surface area (Å²) in [7, 11) is 1.94. The van der Waals surface area contributed by atoms with Crippen LogP contribution in [0.4, 0.5) is 0 Å². The van der Waals surface area contributed by atoms with Crippen LogP contribution in [0.2, 0.25) is 0 Å². The fraction of sp³-hybridized carbons (Fsp3) is 1.00. The maximum absolute atomic E-state index is 10.5. The first-order valence-electron chi connectivity index (χ1n) is 5.63. The van der Waals surface area contributed by atoms with Gasteiger partial charge >= 0.3 is 0 Å². The van der Waals surface area contributed by atoms with E-state index in [-0.39, 0.29) is 5.60 Å². The number of hydrogen-bond acceptors (Lipinski definition) is 2. The van der Waals surface area contributed by atoms with Gasteiger partial charge in [-0.25, -0.2) is 0 Å². The van der Waals surface area contributed by atoms with Gasteiger partial charge in [0.1, 0.15) is 0 Å². The highest BCUT2D eigenvalue weighted by Crippen LogP contribution is 2.48. The topological polar surface area (TPSA) is 32.3 Å². The van der Waals surface area contributed by atoms with E-state index in [1.54, 1.807) is 0 Å². The monoisotopic (exact) mass is 183 g/mol. The number of rotatable bonds is 3. The van der Waals surface area contributed by atoms with E-state index < -0.39 is 0 Å². The highest BCUT2D eigenvalue weighted by molar-refractivity contribution is 4.98. The largest absolute Gasteiger partial charge is 0.388 e. The van der Waals surface area contributed by atoms with Gasteiger partial charge in [0.15, 0.2) is 0 Å². The van der Waals surface area contributed by atoms with Crippen LogP contribution in [-0.2, 0) is 0 Å². The Bertz CT molecular complexity index is 175. The molecule has 2 heteroatoms. The van der Waals surface area contributed by atoms with E-state index in [0.717, 1.165) is 18.9 Å². The third kappa shape index (κ3) is 1.89. The van der Waals surface area contributed by atoms with Crippen molar-refractivity contribution in [3.05, 3.63) is 0 Å². The number of likely N-dealkylation sites (N-methyl/N-ethyl adjacent to an activating group) is 1. The summed E-state index contributed by atoms with van der Waals surface area (Å²) in [4.78, 5) is 0. The average molecular weight is 183 g/mol.